The third kappa shape index (κ3) is 6.00. The van der Waals surface area contributed by atoms with E-state index in [1.165, 1.54) is 24.8 Å². The van der Waals surface area contributed by atoms with E-state index in [2.05, 4.69) is 19.6 Å². The Bertz CT molecular complexity index is 461. The van der Waals surface area contributed by atoms with E-state index < -0.39 is 9.84 Å². The van der Waals surface area contributed by atoms with E-state index in [4.69, 9.17) is 0 Å². The summed E-state index contributed by atoms with van der Waals surface area (Å²) in [6.45, 7) is 4.09. The lowest BCUT2D eigenvalue weighted by atomic mass is 10.1. The van der Waals surface area contributed by atoms with E-state index in [-0.39, 0.29) is 11.0 Å². The monoisotopic (exact) mass is 300 g/mol. The predicted molar refractivity (Wildman–Crippen MR) is 84.8 cm³/mol. The summed E-state index contributed by atoms with van der Waals surface area (Å²) in [5, 5.41) is 0.114. The van der Waals surface area contributed by atoms with Crippen LogP contribution in [0.3, 0.4) is 0 Å². The van der Waals surface area contributed by atoms with Gasteiger partial charge in [-0.2, -0.15) is 12.6 Å². The molecule has 0 amide bonds. The van der Waals surface area contributed by atoms with Crippen LogP contribution in [0.15, 0.2) is 29.2 Å². The standard InChI is InChI=1S/C15H24O2S2/c1-3-4-5-6-14-7-9-15(10-8-14)19(16,17)12-11-13(2)18/h7-10,13,18H,3-6,11-12H2,1-2H3. The molecule has 0 aromatic heterocycles. The van der Waals surface area contributed by atoms with Gasteiger partial charge in [0.05, 0.1) is 10.6 Å². The summed E-state index contributed by atoms with van der Waals surface area (Å²) in [7, 11) is -3.15. The van der Waals surface area contributed by atoms with Gasteiger partial charge in [0, 0.05) is 0 Å². The SMILES string of the molecule is CCCCCc1ccc(S(=O)(=O)CCC(C)S)cc1. The van der Waals surface area contributed by atoms with E-state index in [0.29, 0.717) is 11.3 Å². The molecule has 0 spiro atoms. The molecule has 1 unspecified atom stereocenters. The van der Waals surface area contributed by atoms with Gasteiger partial charge in [-0.05, 0) is 42.2 Å². The first-order chi connectivity index (χ1) is 8.95. The molecule has 0 fully saturated rings. The molecule has 4 heteroatoms. The molecule has 0 aliphatic carbocycles. The highest BCUT2D eigenvalue weighted by atomic mass is 32.2. The number of aryl methyl sites for hydroxylation is 1. The Morgan fingerprint density at radius 3 is 2.32 bits per heavy atom. The average molecular weight is 300 g/mol. The molecule has 1 aromatic rings. The summed E-state index contributed by atoms with van der Waals surface area (Å²) in [6.07, 6.45) is 5.21. The highest BCUT2D eigenvalue weighted by Gasteiger charge is 2.14. The topological polar surface area (TPSA) is 34.1 Å². The maximum Gasteiger partial charge on any atom is 0.178 e. The minimum absolute atomic E-state index is 0.114. The fraction of sp³-hybridized carbons (Fsp3) is 0.600. The summed E-state index contributed by atoms with van der Waals surface area (Å²) >= 11 is 4.22. The van der Waals surface area contributed by atoms with Gasteiger partial charge >= 0.3 is 0 Å². The molecule has 0 aliphatic rings. The van der Waals surface area contributed by atoms with Crippen LogP contribution < -0.4 is 0 Å². The van der Waals surface area contributed by atoms with Crippen LogP contribution in [0, 0.1) is 0 Å². The summed E-state index contributed by atoms with van der Waals surface area (Å²) in [5.41, 5.74) is 1.22. The van der Waals surface area contributed by atoms with Gasteiger partial charge < -0.3 is 0 Å². The number of hydrogen-bond acceptors (Lipinski definition) is 3. The molecular formula is C15H24O2S2. The van der Waals surface area contributed by atoms with Crippen molar-refractivity contribution in [1.82, 2.24) is 0 Å². The average Bonchev–Trinajstić information content (AvgIpc) is 2.37. The first-order valence-electron chi connectivity index (χ1n) is 6.95. The lowest BCUT2D eigenvalue weighted by Crippen LogP contribution is -2.10. The van der Waals surface area contributed by atoms with E-state index in [1.54, 1.807) is 12.1 Å². The molecule has 19 heavy (non-hydrogen) atoms. The van der Waals surface area contributed by atoms with Gasteiger partial charge in [0.1, 0.15) is 0 Å². The van der Waals surface area contributed by atoms with Gasteiger partial charge in [-0.3, -0.25) is 0 Å². The number of rotatable bonds is 8. The maximum atomic E-state index is 12.1. The van der Waals surface area contributed by atoms with Crippen LogP contribution >= 0.6 is 12.6 Å². The minimum atomic E-state index is -3.15. The van der Waals surface area contributed by atoms with Gasteiger partial charge in [-0.15, -0.1) is 0 Å². The minimum Gasteiger partial charge on any atom is -0.224 e. The van der Waals surface area contributed by atoms with Gasteiger partial charge in [-0.25, -0.2) is 8.42 Å². The predicted octanol–water partition coefficient (Wildman–Crippen LogP) is 3.90. The Kier molecular flexibility index (Phi) is 6.94. The van der Waals surface area contributed by atoms with Crippen LogP contribution in [-0.2, 0) is 16.3 Å². The molecular weight excluding hydrogens is 276 g/mol. The van der Waals surface area contributed by atoms with Crippen molar-refractivity contribution in [3.63, 3.8) is 0 Å². The molecule has 108 valence electrons. The molecule has 0 saturated carbocycles. The molecule has 1 rings (SSSR count). The summed E-state index contributed by atoms with van der Waals surface area (Å²) < 4.78 is 24.1. The van der Waals surface area contributed by atoms with Crippen molar-refractivity contribution in [2.45, 2.75) is 56.1 Å². The van der Waals surface area contributed by atoms with Gasteiger partial charge in [-0.1, -0.05) is 38.8 Å². The van der Waals surface area contributed by atoms with Crippen molar-refractivity contribution in [2.75, 3.05) is 5.75 Å². The second-order valence-corrected chi connectivity index (χ2v) is 8.05. The first-order valence-corrected chi connectivity index (χ1v) is 9.12. The van der Waals surface area contributed by atoms with E-state index in [1.807, 2.05) is 19.1 Å². The van der Waals surface area contributed by atoms with Crippen LogP contribution in [0.2, 0.25) is 0 Å². The Hall–Kier alpha value is -0.480. The van der Waals surface area contributed by atoms with Gasteiger partial charge in [0.25, 0.3) is 0 Å². The smallest absolute Gasteiger partial charge is 0.178 e. The molecule has 2 nitrogen and oxygen atoms in total. The quantitative estimate of drug-likeness (QED) is 0.583. The third-order valence-corrected chi connectivity index (χ3v) is 5.18. The summed E-state index contributed by atoms with van der Waals surface area (Å²) in [5.74, 6) is 0.173. The van der Waals surface area contributed by atoms with Gasteiger partial charge in [0.15, 0.2) is 9.84 Å². The first kappa shape index (κ1) is 16.6. The highest BCUT2D eigenvalue weighted by molar-refractivity contribution is 7.91. The second-order valence-electron chi connectivity index (χ2n) is 5.06. The number of sulfone groups is 1. The van der Waals surface area contributed by atoms with Crippen molar-refractivity contribution in [3.05, 3.63) is 29.8 Å². The molecule has 0 saturated heterocycles. The Balaban J connectivity index is 2.64. The molecule has 0 heterocycles. The molecule has 0 bridgehead atoms. The van der Waals surface area contributed by atoms with Crippen LogP contribution in [-0.4, -0.2) is 19.4 Å². The van der Waals surface area contributed by atoms with E-state index in [9.17, 15) is 8.42 Å². The zero-order chi connectivity index (χ0) is 14.3. The van der Waals surface area contributed by atoms with Crippen LogP contribution in [0.4, 0.5) is 0 Å². The second kappa shape index (κ2) is 7.95. The van der Waals surface area contributed by atoms with E-state index >= 15 is 0 Å². The normalized spacial score (nSPS) is 13.4. The molecule has 0 aliphatic heterocycles. The number of benzene rings is 1. The largest absolute Gasteiger partial charge is 0.224 e. The van der Waals surface area contributed by atoms with Crippen molar-refractivity contribution in [2.24, 2.45) is 0 Å². The summed E-state index contributed by atoms with van der Waals surface area (Å²) in [4.78, 5) is 0.431. The number of hydrogen-bond donors (Lipinski definition) is 1. The molecule has 0 radical (unpaired) electrons. The van der Waals surface area contributed by atoms with E-state index in [0.717, 1.165) is 6.42 Å². The Morgan fingerprint density at radius 2 is 1.79 bits per heavy atom. The molecule has 1 atom stereocenters. The Labute approximate surface area is 122 Å². The van der Waals surface area contributed by atoms with Crippen molar-refractivity contribution in [1.29, 1.82) is 0 Å². The molecule has 0 N–H and O–H groups in total. The van der Waals surface area contributed by atoms with Crippen LogP contribution in [0.25, 0.3) is 0 Å². The van der Waals surface area contributed by atoms with Crippen LogP contribution in [0.5, 0.6) is 0 Å². The van der Waals surface area contributed by atoms with Gasteiger partial charge in [0.2, 0.25) is 0 Å². The fourth-order valence-corrected chi connectivity index (χ4v) is 3.64. The highest BCUT2D eigenvalue weighted by Crippen LogP contribution is 2.16. The fourth-order valence-electron chi connectivity index (χ4n) is 1.89. The molecule has 1 aromatic carbocycles. The van der Waals surface area contributed by atoms with Crippen LogP contribution in [0.1, 0.15) is 45.1 Å². The zero-order valence-electron chi connectivity index (χ0n) is 11.8. The third-order valence-electron chi connectivity index (χ3n) is 3.16. The zero-order valence-corrected chi connectivity index (χ0v) is 13.5. The van der Waals surface area contributed by atoms with Crippen molar-refractivity contribution >= 4 is 22.5 Å². The lowest BCUT2D eigenvalue weighted by molar-refractivity contribution is 0.593. The lowest BCUT2D eigenvalue weighted by Gasteiger charge is -2.07. The number of thiol groups is 1. The number of unbranched alkanes of at least 4 members (excludes halogenated alkanes) is 2. The Morgan fingerprint density at radius 1 is 1.16 bits per heavy atom. The van der Waals surface area contributed by atoms with Crippen molar-refractivity contribution in [3.8, 4) is 0 Å². The summed E-state index contributed by atoms with van der Waals surface area (Å²) in [6, 6.07) is 7.35. The maximum absolute atomic E-state index is 12.1. The van der Waals surface area contributed by atoms with Crippen molar-refractivity contribution < 1.29 is 8.42 Å².